The number of aryl methyl sites for hydroxylation is 4. The number of hydrogen-bond donors (Lipinski definition) is 2. The third-order valence-electron chi connectivity index (χ3n) is 12.3. The van der Waals surface area contributed by atoms with Gasteiger partial charge < -0.3 is 28.6 Å². The van der Waals surface area contributed by atoms with Crippen LogP contribution in [-0.4, -0.2) is 92.8 Å². The van der Waals surface area contributed by atoms with Gasteiger partial charge in [-0.25, -0.2) is 49.2 Å². The average molecular weight is 905 g/mol. The normalized spacial score (nSPS) is 15.3. The van der Waals surface area contributed by atoms with Crippen LogP contribution in [0.4, 0.5) is 0 Å². The first-order valence-corrected chi connectivity index (χ1v) is 22.6. The molecule has 10 aromatic rings. The summed E-state index contributed by atoms with van der Waals surface area (Å²) >= 11 is 0. The fraction of sp³-hybridized carbons (Fsp3) is 0.240. The summed E-state index contributed by atoms with van der Waals surface area (Å²) in [7, 11) is 3.23. The number of aromatic nitrogens is 16. The molecule has 0 fully saturated rings. The van der Waals surface area contributed by atoms with Crippen LogP contribution in [0.5, 0.6) is 11.8 Å². The van der Waals surface area contributed by atoms with Crippen LogP contribution >= 0.6 is 0 Å². The first-order chi connectivity index (χ1) is 33.4. The number of fused-ring (bicyclic) bond motifs is 2. The molecule has 0 saturated heterocycles. The molecular formula is C50H48N16O2. The highest BCUT2D eigenvalue weighted by Gasteiger charge is 2.31. The fourth-order valence-corrected chi connectivity index (χ4v) is 8.91. The van der Waals surface area contributed by atoms with Gasteiger partial charge >= 0.3 is 0 Å². The Morgan fingerprint density at radius 2 is 0.971 bits per heavy atom. The van der Waals surface area contributed by atoms with E-state index in [2.05, 4.69) is 44.2 Å². The van der Waals surface area contributed by atoms with Gasteiger partial charge in [0.15, 0.2) is 11.6 Å². The molecule has 0 unspecified atom stereocenters. The van der Waals surface area contributed by atoms with E-state index in [-0.39, 0.29) is 11.8 Å². The lowest BCUT2D eigenvalue weighted by molar-refractivity contribution is 0.396. The molecule has 2 aromatic carbocycles. The van der Waals surface area contributed by atoms with Gasteiger partial charge in [-0.3, -0.25) is 0 Å². The molecule has 0 bridgehead atoms. The Kier molecular flexibility index (Phi) is 11.2. The van der Waals surface area contributed by atoms with Crippen LogP contribution in [-0.2, 0) is 13.1 Å². The van der Waals surface area contributed by atoms with Crippen molar-refractivity contribution in [2.24, 2.45) is 0 Å². The van der Waals surface area contributed by atoms with Gasteiger partial charge in [-0.05, 0) is 74.9 Å². The smallest absolute Gasteiger partial charge is 0.238 e. The molecular weight excluding hydrogens is 857 g/mol. The number of aromatic amines is 2. The summed E-state index contributed by atoms with van der Waals surface area (Å²) in [5.74, 6) is 5.92. The molecule has 0 amide bonds. The summed E-state index contributed by atoms with van der Waals surface area (Å²) in [5, 5.41) is 9.54. The fourth-order valence-electron chi connectivity index (χ4n) is 8.91. The maximum atomic E-state index is 5.57. The zero-order valence-electron chi connectivity index (χ0n) is 38.0. The van der Waals surface area contributed by atoms with Gasteiger partial charge in [0.1, 0.15) is 46.1 Å². The van der Waals surface area contributed by atoms with Crippen molar-refractivity contribution in [2.45, 2.75) is 64.5 Å². The van der Waals surface area contributed by atoms with Crippen LogP contribution < -0.4 is 9.47 Å². The predicted octanol–water partition coefficient (Wildman–Crippen LogP) is 8.32. The van der Waals surface area contributed by atoms with E-state index in [1.54, 1.807) is 26.9 Å². The monoisotopic (exact) mass is 904 g/mol. The van der Waals surface area contributed by atoms with Crippen LogP contribution in [0.15, 0.2) is 122 Å². The van der Waals surface area contributed by atoms with Gasteiger partial charge in [0.25, 0.3) is 0 Å². The van der Waals surface area contributed by atoms with E-state index in [0.717, 1.165) is 107 Å². The second-order valence-corrected chi connectivity index (χ2v) is 16.8. The first-order valence-electron chi connectivity index (χ1n) is 22.6. The maximum Gasteiger partial charge on any atom is 0.238 e. The van der Waals surface area contributed by atoms with Gasteiger partial charge in [-0.2, -0.15) is 0 Å². The Labute approximate surface area is 391 Å². The van der Waals surface area contributed by atoms with Crippen LogP contribution in [0.1, 0.15) is 72.2 Å². The van der Waals surface area contributed by atoms with Crippen LogP contribution in [0.3, 0.4) is 0 Å². The molecule has 0 aliphatic carbocycles. The second kappa shape index (κ2) is 18.0. The molecule has 18 nitrogen and oxygen atoms in total. The first kappa shape index (κ1) is 42.1. The van der Waals surface area contributed by atoms with Gasteiger partial charge in [-0.1, -0.05) is 60.7 Å². The van der Waals surface area contributed by atoms with Crippen molar-refractivity contribution in [3.05, 3.63) is 157 Å². The number of nitrogens with one attached hydrogen (secondary N) is 2. The van der Waals surface area contributed by atoms with Crippen molar-refractivity contribution in [1.29, 1.82) is 0 Å². The summed E-state index contributed by atoms with van der Waals surface area (Å²) in [6.07, 6.45) is 15.1. The lowest BCUT2D eigenvalue weighted by atomic mass is 9.98. The topological polar surface area (TPSA) is 199 Å². The molecule has 18 heteroatoms. The van der Waals surface area contributed by atoms with Gasteiger partial charge in [-0.15, -0.1) is 10.2 Å². The molecule has 2 aliphatic heterocycles. The Balaban J connectivity index is 0.000000149. The minimum absolute atomic E-state index is 0.0579. The molecule has 2 atom stereocenters. The van der Waals surface area contributed by atoms with Crippen molar-refractivity contribution in [3.8, 4) is 68.7 Å². The van der Waals surface area contributed by atoms with Gasteiger partial charge in [0, 0.05) is 25.5 Å². The number of nitrogens with zero attached hydrogens (tertiary/aromatic N) is 14. The number of benzene rings is 2. The zero-order chi connectivity index (χ0) is 46.1. The molecule has 2 N–H and O–H groups in total. The third-order valence-corrected chi connectivity index (χ3v) is 12.3. The molecule has 10 heterocycles. The highest BCUT2D eigenvalue weighted by molar-refractivity contribution is 5.60. The lowest BCUT2D eigenvalue weighted by Crippen LogP contribution is -2.18. The van der Waals surface area contributed by atoms with E-state index < -0.39 is 0 Å². The molecule has 2 aliphatic rings. The Morgan fingerprint density at radius 3 is 1.37 bits per heavy atom. The van der Waals surface area contributed by atoms with Gasteiger partial charge in [0.05, 0.1) is 73.9 Å². The highest BCUT2D eigenvalue weighted by atomic mass is 16.5. The minimum Gasteiger partial charge on any atom is -0.479 e. The molecule has 68 heavy (non-hydrogen) atoms. The summed E-state index contributed by atoms with van der Waals surface area (Å²) in [4.78, 5) is 44.2. The summed E-state index contributed by atoms with van der Waals surface area (Å²) in [6.45, 7) is 5.55. The molecule has 0 radical (unpaired) electrons. The Morgan fingerprint density at radius 1 is 0.529 bits per heavy atom. The average Bonchev–Trinajstić information content (AvgIpc) is 4.26. The molecule has 12 rings (SSSR count). The van der Waals surface area contributed by atoms with Gasteiger partial charge in [0.2, 0.25) is 11.8 Å². The van der Waals surface area contributed by atoms with Crippen molar-refractivity contribution in [1.82, 2.24) is 78.5 Å². The number of imidazole rings is 4. The van der Waals surface area contributed by atoms with Crippen molar-refractivity contribution in [3.63, 3.8) is 0 Å². The standard InChI is InChI=1S/2C25H24N8O/c2*1-16-14-32(15-27-16)21-11-10-19(29-25(21)34-2)23-30-24-18(9-6-12-33(24)31-23)22-26-13-20(28-22)17-7-4-3-5-8-17/h2*3-5,7-8,10-11,13-15,18H,6,9,12H2,1-2H3,(H,26,28)/t2*18-/m10/s1. The zero-order valence-corrected chi connectivity index (χ0v) is 38.0. The lowest BCUT2D eigenvalue weighted by Gasteiger charge is -2.20. The van der Waals surface area contributed by atoms with E-state index >= 15 is 0 Å². The SMILES string of the molecule is COc1nc(-c2nc3n(n2)CCC[C@@H]3c2ncc(-c3ccccc3)[nH]2)ccc1-n1cnc(C)c1.COc1nc(-c2nc3n(n2)CCC[C@H]3c2ncc(-c3ccccc3)[nH]2)ccc1-n1cnc(C)c1. The number of hydrogen-bond acceptors (Lipinski definition) is 12. The largest absolute Gasteiger partial charge is 0.479 e. The second-order valence-electron chi connectivity index (χ2n) is 16.8. The predicted molar refractivity (Wildman–Crippen MR) is 254 cm³/mol. The summed E-state index contributed by atoms with van der Waals surface area (Å²) < 4.78 is 18.9. The van der Waals surface area contributed by atoms with E-state index in [0.29, 0.717) is 34.8 Å². The van der Waals surface area contributed by atoms with E-state index in [1.807, 2.05) is 118 Å². The molecule has 8 aromatic heterocycles. The van der Waals surface area contributed by atoms with Crippen molar-refractivity contribution in [2.75, 3.05) is 14.2 Å². The van der Waals surface area contributed by atoms with E-state index in [9.17, 15) is 0 Å². The quantitative estimate of drug-likeness (QED) is 0.133. The maximum absolute atomic E-state index is 5.57. The highest BCUT2D eigenvalue weighted by Crippen LogP contribution is 2.36. The van der Waals surface area contributed by atoms with E-state index in [1.165, 1.54) is 0 Å². The number of methoxy groups -OCH3 is 2. The summed E-state index contributed by atoms with van der Waals surface area (Å²) in [6, 6.07) is 28.2. The van der Waals surface area contributed by atoms with Crippen LogP contribution in [0.2, 0.25) is 0 Å². The molecule has 340 valence electrons. The number of pyridine rings is 2. The third kappa shape index (κ3) is 8.20. The van der Waals surface area contributed by atoms with E-state index in [4.69, 9.17) is 49.6 Å². The minimum atomic E-state index is 0.0579. The number of ether oxygens (including phenoxy) is 2. The van der Waals surface area contributed by atoms with Crippen LogP contribution in [0, 0.1) is 13.8 Å². The number of rotatable bonds is 10. The summed E-state index contributed by atoms with van der Waals surface area (Å²) in [5.41, 5.74) is 9.06. The number of H-pyrrole nitrogens is 2. The molecule has 0 spiro atoms. The Bertz CT molecular complexity index is 3120. The molecule has 0 saturated carbocycles. The Hall–Kier alpha value is -8.54. The van der Waals surface area contributed by atoms with Crippen molar-refractivity contribution < 1.29 is 9.47 Å². The van der Waals surface area contributed by atoms with Crippen LogP contribution in [0.25, 0.3) is 56.9 Å². The van der Waals surface area contributed by atoms with Crippen molar-refractivity contribution >= 4 is 0 Å².